The number of nitrogens with zero attached hydrogens (tertiary/aromatic N) is 1. The fourth-order valence-corrected chi connectivity index (χ4v) is 3.72. The fraction of sp³-hybridized carbons (Fsp3) is 0.933. The lowest BCUT2D eigenvalue weighted by atomic mass is 9.77. The molecule has 1 aliphatic carbocycles. The monoisotopic (exact) mass is 269 g/mol. The van der Waals surface area contributed by atoms with Crippen LogP contribution >= 0.6 is 0 Å². The van der Waals surface area contributed by atoms with Crippen molar-refractivity contribution in [2.24, 2.45) is 0 Å². The summed E-state index contributed by atoms with van der Waals surface area (Å²) in [5.41, 5.74) is 0.0484. The van der Waals surface area contributed by atoms with Crippen LogP contribution in [-0.4, -0.2) is 46.8 Å². The Kier molecular flexibility index (Phi) is 4.85. The maximum Gasteiger partial charge on any atom is 0.317 e. The van der Waals surface area contributed by atoms with Crippen LogP contribution in [0.25, 0.3) is 0 Å². The van der Waals surface area contributed by atoms with Gasteiger partial charge in [0, 0.05) is 18.7 Å². The molecule has 2 aliphatic rings. The lowest BCUT2D eigenvalue weighted by Gasteiger charge is -2.47. The van der Waals surface area contributed by atoms with E-state index in [1.54, 1.807) is 0 Å². The Bertz CT molecular complexity index is 305. The Balaban J connectivity index is 2.03. The molecule has 2 rings (SSSR count). The van der Waals surface area contributed by atoms with Crippen molar-refractivity contribution in [3.8, 4) is 0 Å². The van der Waals surface area contributed by atoms with Gasteiger partial charge in [-0.05, 0) is 39.5 Å². The number of aliphatic carboxylic acids is 1. The van der Waals surface area contributed by atoms with Crippen LogP contribution in [0.1, 0.15) is 58.8 Å². The van der Waals surface area contributed by atoms with Crippen LogP contribution in [0, 0.1) is 0 Å². The van der Waals surface area contributed by atoms with Crippen LogP contribution in [-0.2, 0) is 9.53 Å². The van der Waals surface area contributed by atoms with E-state index in [0.29, 0.717) is 6.04 Å². The molecule has 0 aromatic heterocycles. The molecule has 0 aromatic rings. The molecule has 1 N–H and O–H groups in total. The molecule has 1 spiro atoms. The minimum Gasteiger partial charge on any atom is -0.480 e. The summed E-state index contributed by atoms with van der Waals surface area (Å²) >= 11 is 0. The Morgan fingerprint density at radius 2 is 2.05 bits per heavy atom. The van der Waals surface area contributed by atoms with Crippen LogP contribution in [0.5, 0.6) is 0 Å². The highest BCUT2D eigenvalue weighted by Gasteiger charge is 2.40. The first-order chi connectivity index (χ1) is 9.02. The molecule has 19 heavy (non-hydrogen) atoms. The van der Waals surface area contributed by atoms with Crippen molar-refractivity contribution in [3.63, 3.8) is 0 Å². The molecule has 110 valence electrons. The molecule has 4 heteroatoms. The molecule has 1 aliphatic heterocycles. The summed E-state index contributed by atoms with van der Waals surface area (Å²) < 4.78 is 6.10. The normalized spacial score (nSPS) is 27.1. The average Bonchev–Trinajstić information content (AvgIpc) is 2.36. The van der Waals surface area contributed by atoms with Gasteiger partial charge in [-0.2, -0.15) is 0 Å². The van der Waals surface area contributed by atoms with Gasteiger partial charge in [0.05, 0.1) is 12.1 Å². The van der Waals surface area contributed by atoms with E-state index in [1.807, 2.05) is 0 Å². The van der Waals surface area contributed by atoms with E-state index in [2.05, 4.69) is 18.7 Å². The Labute approximate surface area is 116 Å². The molecule has 1 heterocycles. The molecule has 0 bridgehead atoms. The van der Waals surface area contributed by atoms with Crippen molar-refractivity contribution >= 4 is 5.97 Å². The number of hydrogen-bond donors (Lipinski definition) is 1. The summed E-state index contributed by atoms with van der Waals surface area (Å²) in [4.78, 5) is 13.2. The quantitative estimate of drug-likeness (QED) is 0.852. The van der Waals surface area contributed by atoms with Crippen LogP contribution in [0.3, 0.4) is 0 Å². The summed E-state index contributed by atoms with van der Waals surface area (Å²) in [6.45, 7) is 5.11. The third kappa shape index (κ3) is 3.69. The van der Waals surface area contributed by atoms with Gasteiger partial charge in [-0.3, -0.25) is 9.69 Å². The first-order valence-corrected chi connectivity index (χ1v) is 7.64. The number of hydrogen-bond acceptors (Lipinski definition) is 3. The van der Waals surface area contributed by atoms with Crippen molar-refractivity contribution in [1.29, 1.82) is 0 Å². The lowest BCUT2D eigenvalue weighted by molar-refractivity contribution is -0.146. The number of ether oxygens (including phenoxy) is 1. The van der Waals surface area contributed by atoms with E-state index < -0.39 is 5.97 Å². The Hall–Kier alpha value is -0.610. The molecule has 1 atom stereocenters. The zero-order valence-electron chi connectivity index (χ0n) is 12.2. The third-order valence-corrected chi connectivity index (χ3v) is 4.68. The Morgan fingerprint density at radius 3 is 2.63 bits per heavy atom. The van der Waals surface area contributed by atoms with Crippen LogP contribution in [0.2, 0.25) is 0 Å². The SMILES string of the molecule is CC(C)N(CC(=O)O)C1CCOC2(CCCCC2)C1. The predicted molar refractivity (Wildman–Crippen MR) is 74.3 cm³/mol. The van der Waals surface area contributed by atoms with Crippen LogP contribution in [0.4, 0.5) is 0 Å². The van der Waals surface area contributed by atoms with Crippen LogP contribution in [0.15, 0.2) is 0 Å². The van der Waals surface area contributed by atoms with Gasteiger partial charge in [-0.25, -0.2) is 0 Å². The minimum atomic E-state index is -0.724. The second kappa shape index (κ2) is 6.23. The van der Waals surface area contributed by atoms with E-state index in [-0.39, 0.29) is 18.2 Å². The number of rotatable bonds is 4. The van der Waals surface area contributed by atoms with Gasteiger partial charge in [-0.1, -0.05) is 19.3 Å². The molecule has 1 saturated heterocycles. The van der Waals surface area contributed by atoms with Crippen molar-refractivity contribution in [2.45, 2.75) is 76.5 Å². The van der Waals surface area contributed by atoms with E-state index in [0.717, 1.165) is 32.3 Å². The summed E-state index contributed by atoms with van der Waals surface area (Å²) in [5.74, 6) is -0.724. The molecular weight excluding hydrogens is 242 g/mol. The fourth-order valence-electron chi connectivity index (χ4n) is 3.72. The smallest absolute Gasteiger partial charge is 0.317 e. The number of carboxylic acids is 1. The van der Waals surface area contributed by atoms with E-state index in [1.165, 1.54) is 19.3 Å². The molecule has 1 saturated carbocycles. The first kappa shape index (κ1) is 14.8. The van der Waals surface area contributed by atoms with Gasteiger partial charge in [0.15, 0.2) is 0 Å². The summed E-state index contributed by atoms with van der Waals surface area (Å²) in [5, 5.41) is 9.09. The van der Waals surface area contributed by atoms with Crippen molar-refractivity contribution in [3.05, 3.63) is 0 Å². The molecule has 0 radical (unpaired) electrons. The summed E-state index contributed by atoms with van der Waals surface area (Å²) in [6.07, 6.45) is 8.12. The standard InChI is InChI=1S/C15H27NO3/c1-12(2)16(11-14(17)18)13-6-9-19-15(10-13)7-4-3-5-8-15/h12-13H,3-11H2,1-2H3,(H,17,18). The van der Waals surface area contributed by atoms with Crippen molar-refractivity contribution in [2.75, 3.05) is 13.2 Å². The number of carboxylic acid groups (broad SMARTS) is 1. The maximum atomic E-state index is 11.1. The third-order valence-electron chi connectivity index (χ3n) is 4.68. The van der Waals surface area contributed by atoms with E-state index in [9.17, 15) is 4.79 Å². The maximum absolute atomic E-state index is 11.1. The zero-order valence-corrected chi connectivity index (χ0v) is 12.2. The first-order valence-electron chi connectivity index (χ1n) is 7.64. The molecular formula is C15H27NO3. The van der Waals surface area contributed by atoms with Gasteiger partial charge in [0.1, 0.15) is 0 Å². The van der Waals surface area contributed by atoms with E-state index >= 15 is 0 Å². The molecule has 1 unspecified atom stereocenters. The molecule has 0 aromatic carbocycles. The molecule has 4 nitrogen and oxygen atoms in total. The minimum absolute atomic E-state index is 0.0484. The largest absolute Gasteiger partial charge is 0.480 e. The average molecular weight is 269 g/mol. The second-order valence-corrected chi connectivity index (χ2v) is 6.40. The lowest BCUT2D eigenvalue weighted by Crippen LogP contribution is -2.52. The van der Waals surface area contributed by atoms with Crippen molar-refractivity contribution < 1.29 is 14.6 Å². The van der Waals surface area contributed by atoms with Gasteiger partial charge < -0.3 is 9.84 Å². The van der Waals surface area contributed by atoms with Gasteiger partial charge in [0.25, 0.3) is 0 Å². The van der Waals surface area contributed by atoms with Gasteiger partial charge >= 0.3 is 5.97 Å². The highest BCUT2D eigenvalue weighted by atomic mass is 16.5. The summed E-state index contributed by atoms with van der Waals surface area (Å²) in [7, 11) is 0. The topological polar surface area (TPSA) is 49.8 Å². The van der Waals surface area contributed by atoms with Gasteiger partial charge in [-0.15, -0.1) is 0 Å². The highest BCUT2D eigenvalue weighted by Crippen LogP contribution is 2.40. The van der Waals surface area contributed by atoms with Crippen LogP contribution < -0.4 is 0 Å². The zero-order chi connectivity index (χ0) is 13.9. The highest BCUT2D eigenvalue weighted by molar-refractivity contribution is 5.69. The second-order valence-electron chi connectivity index (χ2n) is 6.40. The van der Waals surface area contributed by atoms with Gasteiger partial charge in [0.2, 0.25) is 0 Å². The molecule has 0 amide bonds. The van der Waals surface area contributed by atoms with Crippen molar-refractivity contribution in [1.82, 2.24) is 4.90 Å². The Morgan fingerprint density at radius 1 is 1.37 bits per heavy atom. The summed E-state index contributed by atoms with van der Waals surface area (Å²) in [6, 6.07) is 0.641. The number of carbonyl (C=O) groups is 1. The predicted octanol–water partition coefficient (Wildman–Crippen LogP) is 2.66. The molecule has 2 fully saturated rings. The van der Waals surface area contributed by atoms with E-state index in [4.69, 9.17) is 9.84 Å².